The highest BCUT2D eigenvalue weighted by Gasteiger charge is 2.26. The number of benzene rings is 2. The number of fused-ring (bicyclic) bond motifs is 1. The standard InChI is InChI=1S/C20H22BrN3O2/c1-14-11-16(21)7-8-17(14)22-19(25)12-23(2)13-20(26)24-10-9-15-5-3-4-6-18(15)24/h3-8,11H,9-10,12-13H2,1-2H3,(H,22,25)/p+1. The first-order chi connectivity index (χ1) is 12.4. The Morgan fingerprint density at radius 2 is 1.96 bits per heavy atom. The molecule has 5 nitrogen and oxygen atoms in total. The molecule has 26 heavy (non-hydrogen) atoms. The topological polar surface area (TPSA) is 53.9 Å². The van der Waals surface area contributed by atoms with Crippen LogP contribution < -0.4 is 15.1 Å². The van der Waals surface area contributed by atoms with Gasteiger partial charge in [0, 0.05) is 22.4 Å². The van der Waals surface area contributed by atoms with Crippen LogP contribution in [-0.2, 0) is 16.0 Å². The maximum atomic E-state index is 12.6. The Labute approximate surface area is 162 Å². The number of rotatable bonds is 5. The minimum absolute atomic E-state index is 0.0556. The predicted molar refractivity (Wildman–Crippen MR) is 107 cm³/mol. The van der Waals surface area contributed by atoms with Crippen LogP contribution in [0.1, 0.15) is 11.1 Å². The molecule has 2 aromatic rings. The predicted octanol–water partition coefficient (Wildman–Crippen LogP) is 1.80. The second-order valence-electron chi connectivity index (χ2n) is 6.74. The van der Waals surface area contributed by atoms with Crippen LogP contribution in [0.25, 0.3) is 0 Å². The number of amides is 2. The maximum Gasteiger partial charge on any atom is 0.282 e. The Balaban J connectivity index is 1.54. The fraction of sp³-hybridized carbons (Fsp3) is 0.300. The van der Waals surface area contributed by atoms with Gasteiger partial charge in [0.15, 0.2) is 13.1 Å². The Morgan fingerprint density at radius 3 is 2.73 bits per heavy atom. The molecule has 1 unspecified atom stereocenters. The van der Waals surface area contributed by atoms with E-state index in [2.05, 4.69) is 27.3 Å². The molecule has 0 fully saturated rings. The molecule has 1 heterocycles. The highest BCUT2D eigenvalue weighted by molar-refractivity contribution is 9.10. The van der Waals surface area contributed by atoms with Crippen molar-refractivity contribution in [3.05, 3.63) is 58.1 Å². The lowest BCUT2D eigenvalue weighted by molar-refractivity contribution is -0.862. The summed E-state index contributed by atoms with van der Waals surface area (Å²) < 4.78 is 0.979. The lowest BCUT2D eigenvalue weighted by atomic mass is 10.2. The van der Waals surface area contributed by atoms with Gasteiger partial charge in [-0.15, -0.1) is 0 Å². The Hall–Kier alpha value is -2.18. The summed E-state index contributed by atoms with van der Waals surface area (Å²) in [5, 5.41) is 2.92. The van der Waals surface area contributed by atoms with Gasteiger partial charge in [-0.05, 0) is 48.7 Å². The number of nitrogens with zero attached hydrogens (tertiary/aromatic N) is 1. The van der Waals surface area contributed by atoms with E-state index in [1.165, 1.54) is 5.56 Å². The first-order valence-electron chi connectivity index (χ1n) is 8.69. The Morgan fingerprint density at radius 1 is 1.19 bits per heavy atom. The third kappa shape index (κ3) is 4.31. The molecule has 1 aliphatic heterocycles. The molecule has 0 aliphatic carbocycles. The Kier molecular flexibility index (Phi) is 5.74. The van der Waals surface area contributed by atoms with E-state index in [9.17, 15) is 9.59 Å². The van der Waals surface area contributed by atoms with E-state index in [-0.39, 0.29) is 18.4 Å². The zero-order valence-corrected chi connectivity index (χ0v) is 16.6. The lowest BCUT2D eigenvalue weighted by Crippen LogP contribution is -3.11. The number of halogens is 1. The van der Waals surface area contributed by atoms with Gasteiger partial charge in [0.2, 0.25) is 0 Å². The molecule has 136 valence electrons. The van der Waals surface area contributed by atoms with Gasteiger partial charge in [0.05, 0.1) is 7.05 Å². The summed E-state index contributed by atoms with van der Waals surface area (Å²) in [6.45, 7) is 3.21. The molecule has 0 bridgehead atoms. The fourth-order valence-corrected chi connectivity index (χ4v) is 3.72. The number of likely N-dealkylation sites (N-methyl/N-ethyl adjacent to an activating group) is 1. The number of hydrogen-bond acceptors (Lipinski definition) is 2. The summed E-state index contributed by atoms with van der Waals surface area (Å²) in [4.78, 5) is 27.6. The SMILES string of the molecule is Cc1cc(Br)ccc1NC(=O)C[NH+](C)CC(=O)N1CCc2ccccc21. The highest BCUT2D eigenvalue weighted by atomic mass is 79.9. The quantitative estimate of drug-likeness (QED) is 0.780. The van der Waals surface area contributed by atoms with Crippen LogP contribution in [0.4, 0.5) is 11.4 Å². The molecule has 3 rings (SSSR count). The number of quaternary nitrogens is 1. The molecule has 2 amide bonds. The maximum absolute atomic E-state index is 12.6. The lowest BCUT2D eigenvalue weighted by Gasteiger charge is -2.20. The molecule has 0 spiro atoms. The molecule has 6 heteroatoms. The molecule has 2 N–H and O–H groups in total. The van der Waals surface area contributed by atoms with E-state index in [0.29, 0.717) is 6.54 Å². The zero-order chi connectivity index (χ0) is 18.7. The van der Waals surface area contributed by atoms with Crippen molar-refractivity contribution in [3.63, 3.8) is 0 Å². The van der Waals surface area contributed by atoms with Gasteiger partial charge >= 0.3 is 0 Å². The molecule has 1 atom stereocenters. The van der Waals surface area contributed by atoms with E-state index in [4.69, 9.17) is 0 Å². The van der Waals surface area contributed by atoms with E-state index in [0.717, 1.165) is 39.3 Å². The van der Waals surface area contributed by atoms with Gasteiger partial charge in [-0.1, -0.05) is 34.1 Å². The first-order valence-corrected chi connectivity index (χ1v) is 9.49. The van der Waals surface area contributed by atoms with Crippen molar-refractivity contribution in [2.75, 3.05) is 36.9 Å². The normalized spacial score (nSPS) is 14.0. The first kappa shape index (κ1) is 18.6. The number of carbonyl (C=O) groups excluding carboxylic acids is 2. The average molecular weight is 417 g/mol. The molecule has 2 aromatic carbocycles. The van der Waals surface area contributed by atoms with Crippen LogP contribution in [-0.4, -0.2) is 38.5 Å². The summed E-state index contributed by atoms with van der Waals surface area (Å²) in [5.74, 6) is -0.0392. The number of anilines is 2. The minimum Gasteiger partial charge on any atom is -0.322 e. The molecule has 0 aromatic heterocycles. The van der Waals surface area contributed by atoms with Crippen LogP contribution in [0.5, 0.6) is 0 Å². The average Bonchev–Trinajstić information content (AvgIpc) is 3.01. The van der Waals surface area contributed by atoms with E-state index in [1.807, 2.05) is 55.3 Å². The number of hydrogen-bond donors (Lipinski definition) is 2. The highest BCUT2D eigenvalue weighted by Crippen LogP contribution is 2.27. The summed E-state index contributed by atoms with van der Waals surface area (Å²) >= 11 is 3.41. The van der Waals surface area contributed by atoms with Crippen molar-refractivity contribution in [3.8, 4) is 0 Å². The monoisotopic (exact) mass is 416 g/mol. The van der Waals surface area contributed by atoms with Gasteiger partial charge in [-0.2, -0.15) is 0 Å². The van der Waals surface area contributed by atoms with Gasteiger partial charge in [-0.25, -0.2) is 0 Å². The largest absolute Gasteiger partial charge is 0.322 e. The van der Waals surface area contributed by atoms with Crippen molar-refractivity contribution >= 4 is 39.1 Å². The van der Waals surface area contributed by atoms with Crippen LogP contribution in [0, 0.1) is 6.92 Å². The van der Waals surface area contributed by atoms with Crippen molar-refractivity contribution < 1.29 is 14.5 Å². The Bertz CT molecular complexity index is 838. The van der Waals surface area contributed by atoms with Crippen molar-refractivity contribution in [2.24, 2.45) is 0 Å². The molecule has 0 saturated heterocycles. The van der Waals surface area contributed by atoms with Crippen LogP contribution >= 0.6 is 15.9 Å². The fourth-order valence-electron chi connectivity index (χ4n) is 3.25. The third-order valence-electron chi connectivity index (χ3n) is 4.57. The van der Waals surface area contributed by atoms with Gasteiger partial charge in [-0.3, -0.25) is 9.59 Å². The molecular weight excluding hydrogens is 394 g/mol. The third-order valence-corrected chi connectivity index (χ3v) is 5.06. The van der Waals surface area contributed by atoms with E-state index in [1.54, 1.807) is 0 Å². The second kappa shape index (κ2) is 8.01. The van der Waals surface area contributed by atoms with Crippen molar-refractivity contribution in [1.82, 2.24) is 0 Å². The van der Waals surface area contributed by atoms with Gasteiger partial charge in [0.25, 0.3) is 11.8 Å². The van der Waals surface area contributed by atoms with Crippen LogP contribution in [0.2, 0.25) is 0 Å². The summed E-state index contributed by atoms with van der Waals surface area (Å²) in [7, 11) is 1.87. The number of aryl methyl sites for hydroxylation is 1. The number of carbonyl (C=O) groups is 2. The molecule has 1 aliphatic rings. The van der Waals surface area contributed by atoms with Crippen LogP contribution in [0.15, 0.2) is 46.9 Å². The van der Waals surface area contributed by atoms with Gasteiger partial charge in [0.1, 0.15) is 0 Å². The number of nitrogens with one attached hydrogen (secondary N) is 2. The molecular formula is C20H23BrN3O2+. The van der Waals surface area contributed by atoms with Gasteiger partial charge < -0.3 is 15.1 Å². The van der Waals surface area contributed by atoms with E-state index >= 15 is 0 Å². The smallest absolute Gasteiger partial charge is 0.282 e. The molecule has 0 saturated carbocycles. The second-order valence-corrected chi connectivity index (χ2v) is 7.66. The number of para-hydroxylation sites is 1. The summed E-state index contributed by atoms with van der Waals surface area (Å²) in [5.41, 5.74) is 4.00. The van der Waals surface area contributed by atoms with Crippen molar-refractivity contribution in [2.45, 2.75) is 13.3 Å². The molecule has 0 radical (unpaired) electrons. The minimum atomic E-state index is -0.0949. The van der Waals surface area contributed by atoms with Crippen LogP contribution in [0.3, 0.4) is 0 Å². The summed E-state index contributed by atoms with van der Waals surface area (Å²) in [6, 6.07) is 13.7. The zero-order valence-electron chi connectivity index (χ0n) is 15.0. The summed E-state index contributed by atoms with van der Waals surface area (Å²) in [6.07, 6.45) is 0.893. The van der Waals surface area contributed by atoms with Crippen molar-refractivity contribution in [1.29, 1.82) is 0 Å². The van der Waals surface area contributed by atoms with E-state index < -0.39 is 0 Å².